The zero-order valence-corrected chi connectivity index (χ0v) is 28.4. The smallest absolute Gasteiger partial charge is 0.355 e. The van der Waals surface area contributed by atoms with Crippen LogP contribution in [0.25, 0.3) is 33.8 Å². The van der Waals surface area contributed by atoms with Crippen LogP contribution in [0.15, 0.2) is 104 Å². The van der Waals surface area contributed by atoms with Crippen LogP contribution in [0.4, 0.5) is 26.3 Å². The Morgan fingerprint density at radius 2 is 1.51 bits per heavy atom. The van der Waals surface area contributed by atoms with Crippen LogP contribution in [0.5, 0.6) is 0 Å². The first-order valence-corrected chi connectivity index (χ1v) is 16.2. The van der Waals surface area contributed by atoms with E-state index in [1.807, 2.05) is 34.9 Å². The molecule has 5 heterocycles. The first-order valence-electron chi connectivity index (χ1n) is 16.2. The van der Waals surface area contributed by atoms with E-state index >= 15 is 0 Å². The van der Waals surface area contributed by atoms with Crippen molar-refractivity contribution in [3.05, 3.63) is 135 Å². The van der Waals surface area contributed by atoms with Crippen LogP contribution in [-0.2, 0) is 38.3 Å². The number of rotatable bonds is 9. The number of amides is 1. The molecular formula is C35H27F6N9O5. The number of pyridine rings is 2. The summed E-state index contributed by atoms with van der Waals surface area (Å²) in [5.74, 6) is -3.72. The molecule has 20 heteroatoms. The average molecular weight is 768 g/mol. The molecule has 0 atom stereocenters. The largest absolute Gasteiger partial charge is 0.471 e. The van der Waals surface area contributed by atoms with Gasteiger partial charge in [-0.2, -0.15) is 36.3 Å². The maximum absolute atomic E-state index is 12.7. The van der Waals surface area contributed by atoms with E-state index in [2.05, 4.69) is 44.6 Å². The summed E-state index contributed by atoms with van der Waals surface area (Å²) in [6.45, 7) is 0.737. The standard InChI is InChI=1S/C18H15F3N4O3.C17H12F3N5O2/c1-22-16(27)13-4-2-3-11(9-13)5-7-25-8-6-12(10-14(25)26)15-23-17(28-24-15)18(19,20)21;18-17(19,20)16-23-14(24-27-16)10-5-7-21-15(26)11(10)6-8-25-9-22-12-3-1-2-4-13(12)25/h2-4,6,8-10H,5,7H2,1H3,(H,22,27);1-5,7,9H,6,8H2,(H,21,26). The molecular weight excluding hydrogens is 740 g/mol. The van der Waals surface area contributed by atoms with E-state index in [-0.39, 0.29) is 40.7 Å². The summed E-state index contributed by atoms with van der Waals surface area (Å²) in [6.07, 6.45) is -4.32. The number of alkyl halides is 6. The number of imidazole rings is 1. The van der Waals surface area contributed by atoms with Gasteiger partial charge in [0.2, 0.25) is 11.6 Å². The third-order valence-electron chi connectivity index (χ3n) is 8.08. The Hall–Kier alpha value is -6.86. The van der Waals surface area contributed by atoms with E-state index in [1.54, 1.807) is 24.5 Å². The van der Waals surface area contributed by atoms with Gasteiger partial charge in [-0.3, -0.25) is 14.4 Å². The van der Waals surface area contributed by atoms with Crippen LogP contribution in [0.3, 0.4) is 0 Å². The zero-order valence-electron chi connectivity index (χ0n) is 28.4. The van der Waals surface area contributed by atoms with Gasteiger partial charge in [0.25, 0.3) is 17.0 Å². The lowest BCUT2D eigenvalue weighted by atomic mass is 10.1. The molecule has 2 aromatic carbocycles. The summed E-state index contributed by atoms with van der Waals surface area (Å²) in [6, 6.07) is 18.5. The lowest BCUT2D eigenvalue weighted by Gasteiger charge is -2.07. The number of benzene rings is 2. The third-order valence-corrected chi connectivity index (χ3v) is 8.08. The maximum Gasteiger partial charge on any atom is 0.471 e. The highest BCUT2D eigenvalue weighted by atomic mass is 19.4. The first kappa shape index (κ1) is 37.9. The van der Waals surface area contributed by atoms with Gasteiger partial charge >= 0.3 is 24.1 Å². The van der Waals surface area contributed by atoms with Crippen LogP contribution in [0, 0.1) is 0 Å². The Morgan fingerprint density at radius 1 is 0.818 bits per heavy atom. The number of para-hydroxylation sites is 2. The normalized spacial score (nSPS) is 11.7. The summed E-state index contributed by atoms with van der Waals surface area (Å²) in [4.78, 5) is 49.6. The minimum Gasteiger partial charge on any atom is -0.355 e. The number of nitrogens with one attached hydrogen (secondary N) is 2. The molecule has 55 heavy (non-hydrogen) atoms. The monoisotopic (exact) mass is 767 g/mol. The van der Waals surface area contributed by atoms with Gasteiger partial charge in [0.15, 0.2) is 0 Å². The van der Waals surface area contributed by atoms with Gasteiger partial charge in [-0.05, 0) is 54.8 Å². The van der Waals surface area contributed by atoms with Crippen molar-refractivity contribution in [2.75, 3.05) is 7.05 Å². The summed E-state index contributed by atoms with van der Waals surface area (Å²) in [7, 11) is 1.54. The van der Waals surface area contributed by atoms with Crippen LogP contribution in [0.1, 0.15) is 33.3 Å². The summed E-state index contributed by atoms with van der Waals surface area (Å²) in [5, 5.41) is 9.17. The predicted octanol–water partition coefficient (Wildman–Crippen LogP) is 5.56. The van der Waals surface area contributed by atoms with Crippen LogP contribution < -0.4 is 16.4 Å². The lowest BCUT2D eigenvalue weighted by Crippen LogP contribution is -2.20. The molecule has 0 spiro atoms. The molecule has 2 N–H and O–H groups in total. The van der Waals surface area contributed by atoms with E-state index in [1.165, 1.54) is 36.1 Å². The molecule has 0 aliphatic heterocycles. The quantitative estimate of drug-likeness (QED) is 0.177. The molecule has 0 fully saturated rings. The minimum absolute atomic E-state index is 0.127. The van der Waals surface area contributed by atoms with Crippen molar-refractivity contribution in [1.29, 1.82) is 0 Å². The number of nitrogens with zero attached hydrogens (tertiary/aromatic N) is 7. The highest BCUT2D eigenvalue weighted by Gasteiger charge is 2.39. The first-order chi connectivity index (χ1) is 26.2. The van der Waals surface area contributed by atoms with Crippen molar-refractivity contribution >= 4 is 16.9 Å². The van der Waals surface area contributed by atoms with Crippen molar-refractivity contribution in [2.24, 2.45) is 0 Å². The van der Waals surface area contributed by atoms with Crippen LogP contribution in [0.2, 0.25) is 0 Å². The van der Waals surface area contributed by atoms with Crippen molar-refractivity contribution < 1.29 is 40.2 Å². The number of aryl methyl sites for hydroxylation is 3. The molecule has 0 saturated carbocycles. The molecule has 284 valence electrons. The van der Waals surface area contributed by atoms with Gasteiger partial charge in [-0.25, -0.2) is 4.98 Å². The second-order valence-electron chi connectivity index (χ2n) is 11.7. The Kier molecular flexibility index (Phi) is 10.8. The molecule has 0 bridgehead atoms. The van der Waals surface area contributed by atoms with E-state index in [9.17, 15) is 40.7 Å². The molecule has 1 amide bonds. The third kappa shape index (κ3) is 8.86. The van der Waals surface area contributed by atoms with Crippen molar-refractivity contribution in [1.82, 2.24) is 44.7 Å². The summed E-state index contributed by atoms with van der Waals surface area (Å²) in [5.41, 5.74) is 2.84. The van der Waals surface area contributed by atoms with Gasteiger partial charge in [-0.1, -0.05) is 34.6 Å². The van der Waals surface area contributed by atoms with Gasteiger partial charge in [-0.15, -0.1) is 0 Å². The van der Waals surface area contributed by atoms with Crippen LogP contribution >= 0.6 is 0 Å². The number of H-pyrrole nitrogens is 1. The Bertz CT molecular complexity index is 2570. The second kappa shape index (κ2) is 15.6. The number of hydrogen-bond acceptors (Lipinski definition) is 10. The highest BCUT2D eigenvalue weighted by molar-refractivity contribution is 5.94. The molecule has 0 saturated heterocycles. The Morgan fingerprint density at radius 3 is 2.20 bits per heavy atom. The van der Waals surface area contributed by atoms with Crippen molar-refractivity contribution in [3.63, 3.8) is 0 Å². The number of halogens is 6. The molecule has 7 aromatic rings. The predicted molar refractivity (Wildman–Crippen MR) is 181 cm³/mol. The van der Waals surface area contributed by atoms with E-state index in [0.29, 0.717) is 25.1 Å². The molecule has 0 aliphatic carbocycles. The minimum atomic E-state index is -4.75. The molecule has 0 radical (unpaired) electrons. The number of hydrogen-bond donors (Lipinski definition) is 2. The topological polar surface area (TPSA) is 180 Å². The summed E-state index contributed by atoms with van der Waals surface area (Å²) >= 11 is 0. The molecule has 5 aromatic heterocycles. The van der Waals surface area contributed by atoms with E-state index < -0.39 is 35.3 Å². The number of carbonyl (C=O) groups is 1. The number of aromatic nitrogens is 8. The highest BCUT2D eigenvalue weighted by Crippen LogP contribution is 2.30. The average Bonchev–Trinajstić information content (AvgIpc) is 3.95. The molecule has 0 aliphatic rings. The fraction of sp³-hybridized carbons (Fsp3) is 0.200. The van der Waals surface area contributed by atoms with Gasteiger partial charge in [0.05, 0.1) is 17.4 Å². The maximum atomic E-state index is 12.7. The van der Waals surface area contributed by atoms with Crippen LogP contribution in [-0.4, -0.2) is 52.3 Å². The SMILES string of the molecule is CNC(=O)c1cccc(CCn2ccc(-c3noc(C(F)(F)F)n3)cc2=O)c1.O=c1[nH]ccc(-c2noc(C(F)(F)F)n2)c1CCn1cnc2ccccc21. The number of carbonyl (C=O) groups excluding carboxylic acids is 1. The van der Waals surface area contributed by atoms with Gasteiger partial charge in [0, 0.05) is 60.9 Å². The molecule has 14 nitrogen and oxygen atoms in total. The molecule has 0 unspecified atom stereocenters. The van der Waals surface area contributed by atoms with Crippen molar-refractivity contribution in [3.8, 4) is 22.8 Å². The Balaban J connectivity index is 0.000000187. The number of fused-ring (bicyclic) bond motifs is 1. The number of aromatic amines is 1. The second-order valence-corrected chi connectivity index (χ2v) is 11.7. The molecule has 7 rings (SSSR count). The summed E-state index contributed by atoms with van der Waals surface area (Å²) < 4.78 is 87.4. The van der Waals surface area contributed by atoms with Crippen molar-refractivity contribution in [2.45, 2.75) is 38.3 Å². The fourth-order valence-electron chi connectivity index (χ4n) is 5.39. The van der Waals surface area contributed by atoms with E-state index in [4.69, 9.17) is 0 Å². The van der Waals surface area contributed by atoms with Gasteiger partial charge in [0.1, 0.15) is 0 Å². The fourth-order valence-corrected chi connectivity index (χ4v) is 5.39. The lowest BCUT2D eigenvalue weighted by molar-refractivity contribution is -0.160. The van der Waals surface area contributed by atoms with Gasteiger partial charge < -0.3 is 28.5 Å². The van der Waals surface area contributed by atoms with E-state index in [0.717, 1.165) is 22.7 Å². The zero-order chi connectivity index (χ0) is 39.3. The Labute approximate surface area is 304 Å².